The van der Waals surface area contributed by atoms with E-state index in [9.17, 15) is 4.79 Å². The van der Waals surface area contributed by atoms with Crippen LogP contribution in [0.2, 0.25) is 0 Å². The molecule has 1 heterocycles. The fourth-order valence-corrected chi connectivity index (χ4v) is 1.77. The van der Waals surface area contributed by atoms with E-state index < -0.39 is 12.6 Å². The highest BCUT2D eigenvalue weighted by atomic mass is 79.9. The zero-order valence-electron chi connectivity index (χ0n) is 7.53. The Morgan fingerprint density at radius 3 is 3.13 bits per heavy atom. The third-order valence-corrected chi connectivity index (χ3v) is 2.50. The third-order valence-electron chi connectivity index (χ3n) is 1.84. The molecule has 0 aliphatic rings. The topological polar surface area (TPSA) is 75.2 Å². The van der Waals surface area contributed by atoms with Crippen molar-refractivity contribution in [1.82, 2.24) is 10.2 Å². The Hall–Kier alpha value is -1.56. The maximum Gasteiger partial charge on any atom is 0.341 e. The minimum atomic E-state index is -1.03. The third kappa shape index (κ3) is 1.94. The Kier molecular flexibility index (Phi) is 2.59. The van der Waals surface area contributed by atoms with Crippen molar-refractivity contribution in [3.8, 4) is 5.88 Å². The number of ether oxygens (including phenoxy) is 1. The number of carboxylic acids is 1. The van der Waals surface area contributed by atoms with Crippen LogP contribution in [0.25, 0.3) is 10.9 Å². The van der Waals surface area contributed by atoms with Gasteiger partial charge in [-0.2, -0.15) is 0 Å². The van der Waals surface area contributed by atoms with Gasteiger partial charge in [0.05, 0.1) is 10.9 Å². The molecule has 0 aliphatic carbocycles. The van der Waals surface area contributed by atoms with Gasteiger partial charge in [-0.05, 0) is 28.1 Å². The molecular formula is C9H7BrN2O3. The summed E-state index contributed by atoms with van der Waals surface area (Å²) >= 11 is 3.35. The van der Waals surface area contributed by atoms with Crippen LogP contribution >= 0.6 is 15.9 Å². The number of nitrogens with one attached hydrogen (secondary N) is 1. The molecule has 2 aromatic rings. The van der Waals surface area contributed by atoms with Crippen molar-refractivity contribution in [2.45, 2.75) is 0 Å². The van der Waals surface area contributed by atoms with Crippen molar-refractivity contribution < 1.29 is 14.6 Å². The lowest BCUT2D eigenvalue weighted by Crippen LogP contribution is -2.09. The van der Waals surface area contributed by atoms with E-state index >= 15 is 0 Å². The van der Waals surface area contributed by atoms with Crippen LogP contribution in [0, 0.1) is 0 Å². The van der Waals surface area contributed by atoms with Crippen molar-refractivity contribution in [3.63, 3.8) is 0 Å². The average molecular weight is 271 g/mol. The molecule has 0 unspecified atom stereocenters. The maximum absolute atomic E-state index is 10.3. The van der Waals surface area contributed by atoms with Gasteiger partial charge in [0.25, 0.3) is 0 Å². The average Bonchev–Trinajstić information content (AvgIpc) is 2.59. The zero-order chi connectivity index (χ0) is 10.8. The quantitative estimate of drug-likeness (QED) is 0.892. The Bertz CT molecular complexity index is 509. The Balaban J connectivity index is 2.39. The zero-order valence-corrected chi connectivity index (χ0v) is 9.11. The van der Waals surface area contributed by atoms with E-state index in [0.717, 1.165) is 15.4 Å². The Morgan fingerprint density at radius 1 is 1.60 bits per heavy atom. The lowest BCUT2D eigenvalue weighted by molar-refractivity contribution is -0.139. The second-order valence-electron chi connectivity index (χ2n) is 2.87. The number of hydrogen-bond donors (Lipinski definition) is 2. The molecule has 0 atom stereocenters. The minimum absolute atomic E-state index is 0.292. The largest absolute Gasteiger partial charge is 0.479 e. The van der Waals surface area contributed by atoms with Crippen molar-refractivity contribution in [2.75, 3.05) is 6.61 Å². The summed E-state index contributed by atoms with van der Waals surface area (Å²) in [5.74, 6) is -0.738. The van der Waals surface area contributed by atoms with Crippen LogP contribution in [0.15, 0.2) is 22.7 Å². The van der Waals surface area contributed by atoms with Crippen LogP contribution in [0.4, 0.5) is 0 Å². The van der Waals surface area contributed by atoms with Crippen molar-refractivity contribution in [2.24, 2.45) is 0 Å². The molecule has 0 saturated carbocycles. The predicted octanol–water partition coefficient (Wildman–Crippen LogP) is 1.79. The number of nitrogens with zero attached hydrogens (tertiary/aromatic N) is 1. The molecule has 15 heavy (non-hydrogen) atoms. The van der Waals surface area contributed by atoms with Crippen LogP contribution in [-0.4, -0.2) is 27.9 Å². The highest BCUT2D eigenvalue weighted by molar-refractivity contribution is 9.10. The van der Waals surface area contributed by atoms with Crippen LogP contribution in [0.1, 0.15) is 0 Å². The van der Waals surface area contributed by atoms with Gasteiger partial charge in [-0.15, -0.1) is 5.10 Å². The van der Waals surface area contributed by atoms with E-state index in [-0.39, 0.29) is 0 Å². The number of carbonyl (C=O) groups is 1. The molecule has 0 saturated heterocycles. The summed E-state index contributed by atoms with van der Waals surface area (Å²) in [6, 6.07) is 5.53. The summed E-state index contributed by atoms with van der Waals surface area (Å²) in [6.45, 7) is -0.402. The second-order valence-corrected chi connectivity index (χ2v) is 3.73. The van der Waals surface area contributed by atoms with E-state index in [2.05, 4.69) is 26.1 Å². The molecule has 0 radical (unpaired) electrons. The van der Waals surface area contributed by atoms with E-state index in [0.29, 0.717) is 5.88 Å². The van der Waals surface area contributed by atoms with Gasteiger partial charge < -0.3 is 9.84 Å². The molecule has 1 aromatic carbocycles. The van der Waals surface area contributed by atoms with Crippen molar-refractivity contribution in [1.29, 1.82) is 0 Å². The molecule has 2 rings (SSSR count). The first-order valence-corrected chi connectivity index (χ1v) is 4.95. The number of carboxylic acid groups (broad SMARTS) is 1. The fraction of sp³-hybridized carbons (Fsp3) is 0.111. The number of halogens is 1. The van der Waals surface area contributed by atoms with E-state index in [1.165, 1.54) is 0 Å². The van der Waals surface area contributed by atoms with E-state index in [1.54, 1.807) is 0 Å². The van der Waals surface area contributed by atoms with Gasteiger partial charge in [-0.3, -0.25) is 5.10 Å². The van der Waals surface area contributed by atoms with Gasteiger partial charge in [0.2, 0.25) is 5.88 Å². The van der Waals surface area contributed by atoms with Crippen molar-refractivity contribution >= 4 is 32.8 Å². The summed E-state index contributed by atoms with van der Waals surface area (Å²) in [5, 5.41) is 15.9. The van der Waals surface area contributed by atoms with Crippen LogP contribution in [-0.2, 0) is 4.79 Å². The lowest BCUT2D eigenvalue weighted by Gasteiger charge is -1.99. The minimum Gasteiger partial charge on any atom is -0.479 e. The van der Waals surface area contributed by atoms with E-state index in [1.807, 2.05) is 18.2 Å². The van der Waals surface area contributed by atoms with Gasteiger partial charge in [-0.1, -0.05) is 6.07 Å². The molecule has 0 bridgehead atoms. The molecule has 0 aliphatic heterocycles. The number of aromatic amines is 1. The smallest absolute Gasteiger partial charge is 0.341 e. The normalized spacial score (nSPS) is 10.5. The van der Waals surface area contributed by atoms with Gasteiger partial charge in [0.1, 0.15) is 0 Å². The molecule has 6 heteroatoms. The first-order chi connectivity index (χ1) is 7.18. The van der Waals surface area contributed by atoms with Gasteiger partial charge in [0.15, 0.2) is 6.61 Å². The molecule has 2 N–H and O–H groups in total. The highest BCUT2D eigenvalue weighted by Gasteiger charge is 2.10. The second kappa shape index (κ2) is 3.90. The van der Waals surface area contributed by atoms with Crippen LogP contribution in [0.5, 0.6) is 5.88 Å². The summed E-state index contributed by atoms with van der Waals surface area (Å²) < 4.78 is 5.84. The summed E-state index contributed by atoms with van der Waals surface area (Å²) in [4.78, 5) is 10.3. The number of aromatic nitrogens is 2. The SMILES string of the molecule is O=C(O)COc1n[nH]c2cccc(Br)c12. The highest BCUT2D eigenvalue weighted by Crippen LogP contribution is 2.29. The first kappa shape index (κ1) is 9.97. The standard InChI is InChI=1S/C9H7BrN2O3/c10-5-2-1-3-6-8(5)9(12-11-6)15-4-7(13)14/h1-3H,4H2,(H,11,12)(H,13,14). The van der Waals surface area contributed by atoms with Crippen LogP contribution in [0.3, 0.4) is 0 Å². The Morgan fingerprint density at radius 2 is 2.40 bits per heavy atom. The molecule has 0 fully saturated rings. The first-order valence-electron chi connectivity index (χ1n) is 4.15. The molecule has 0 amide bonds. The number of fused-ring (bicyclic) bond motifs is 1. The number of hydrogen-bond acceptors (Lipinski definition) is 3. The maximum atomic E-state index is 10.3. The van der Waals surface area contributed by atoms with Crippen molar-refractivity contribution in [3.05, 3.63) is 22.7 Å². The van der Waals surface area contributed by atoms with Gasteiger partial charge in [0, 0.05) is 4.47 Å². The number of benzene rings is 1. The monoisotopic (exact) mass is 270 g/mol. The summed E-state index contributed by atoms with van der Waals surface area (Å²) in [5.41, 5.74) is 0.796. The van der Waals surface area contributed by atoms with E-state index in [4.69, 9.17) is 9.84 Å². The molecule has 78 valence electrons. The number of rotatable bonds is 3. The summed E-state index contributed by atoms with van der Waals surface area (Å²) in [7, 11) is 0. The van der Waals surface area contributed by atoms with Gasteiger partial charge >= 0.3 is 5.97 Å². The predicted molar refractivity (Wildman–Crippen MR) is 56.9 cm³/mol. The molecule has 1 aromatic heterocycles. The van der Waals surface area contributed by atoms with Gasteiger partial charge in [-0.25, -0.2) is 4.79 Å². The fourth-order valence-electron chi connectivity index (χ4n) is 1.24. The molecule has 5 nitrogen and oxygen atoms in total. The molecular weight excluding hydrogens is 264 g/mol. The lowest BCUT2D eigenvalue weighted by atomic mass is 10.2. The number of H-pyrrole nitrogens is 1. The molecule has 0 spiro atoms. The number of aliphatic carboxylic acids is 1. The summed E-state index contributed by atoms with van der Waals surface area (Å²) in [6.07, 6.45) is 0. The Labute approximate surface area is 93.2 Å². The van der Waals surface area contributed by atoms with Crippen LogP contribution < -0.4 is 4.74 Å².